The molecular formula is C44H86NO12P. The Bertz CT molecular complexity index is 1050. The van der Waals surface area contributed by atoms with Crippen LogP contribution in [-0.2, 0) is 18.4 Å². The van der Waals surface area contributed by atoms with Gasteiger partial charge in [0.1, 0.15) is 36.6 Å². The van der Waals surface area contributed by atoms with Gasteiger partial charge in [0.2, 0.25) is 5.91 Å². The van der Waals surface area contributed by atoms with E-state index >= 15 is 0 Å². The van der Waals surface area contributed by atoms with E-state index in [4.69, 9.17) is 9.05 Å². The number of rotatable bonds is 38. The van der Waals surface area contributed by atoms with Gasteiger partial charge in [0.15, 0.2) is 0 Å². The minimum absolute atomic E-state index is 0.230. The van der Waals surface area contributed by atoms with Crippen molar-refractivity contribution in [2.45, 2.75) is 255 Å². The zero-order valence-corrected chi connectivity index (χ0v) is 37.1. The minimum Gasteiger partial charge on any atom is -0.393 e. The van der Waals surface area contributed by atoms with Crippen molar-refractivity contribution in [3.8, 4) is 0 Å². The van der Waals surface area contributed by atoms with E-state index in [0.717, 1.165) is 57.8 Å². The topological polar surface area (TPSA) is 226 Å². The number of aliphatic hydroxyl groups is 7. The van der Waals surface area contributed by atoms with Crippen LogP contribution in [0.2, 0.25) is 0 Å². The first kappa shape index (κ1) is 55.1. The molecule has 0 aromatic rings. The molecule has 0 aliphatic heterocycles. The number of hydrogen-bond acceptors (Lipinski definition) is 11. The van der Waals surface area contributed by atoms with Crippen LogP contribution >= 0.6 is 7.82 Å². The van der Waals surface area contributed by atoms with Gasteiger partial charge in [-0.25, -0.2) is 4.57 Å². The molecule has 13 nitrogen and oxygen atoms in total. The molecule has 14 heteroatoms. The maximum atomic E-state index is 13.0. The van der Waals surface area contributed by atoms with Gasteiger partial charge >= 0.3 is 7.82 Å². The molecule has 0 aromatic carbocycles. The molecule has 0 heterocycles. The average molecular weight is 852 g/mol. The maximum Gasteiger partial charge on any atom is 0.472 e. The molecule has 9 N–H and O–H groups in total. The van der Waals surface area contributed by atoms with Crippen LogP contribution in [0, 0.1) is 0 Å². The quantitative estimate of drug-likeness (QED) is 0.0168. The largest absolute Gasteiger partial charge is 0.472 e. The summed E-state index contributed by atoms with van der Waals surface area (Å²) < 4.78 is 22.9. The first-order chi connectivity index (χ1) is 27.8. The molecule has 0 saturated heterocycles. The smallest absolute Gasteiger partial charge is 0.393 e. The number of aliphatic hydroxyl groups excluding tert-OH is 7. The molecule has 0 radical (unpaired) electrons. The van der Waals surface area contributed by atoms with Gasteiger partial charge in [0, 0.05) is 0 Å². The Labute approximate surface area is 351 Å². The number of carbonyl (C=O) groups excluding carboxylic acids is 1. The van der Waals surface area contributed by atoms with Crippen molar-refractivity contribution in [1.82, 2.24) is 5.32 Å². The lowest BCUT2D eigenvalue weighted by molar-refractivity contribution is -0.220. The zero-order valence-electron chi connectivity index (χ0n) is 36.2. The Morgan fingerprint density at radius 1 is 0.586 bits per heavy atom. The van der Waals surface area contributed by atoms with E-state index in [9.17, 15) is 50.0 Å². The number of allylic oxidation sites excluding steroid dienone is 2. The maximum absolute atomic E-state index is 13.0. The van der Waals surface area contributed by atoms with Gasteiger partial charge in [-0.05, 0) is 38.5 Å². The fraction of sp³-hybridized carbons (Fsp3) is 0.932. The molecule has 1 aliphatic rings. The molecule has 8 atom stereocenters. The predicted molar refractivity (Wildman–Crippen MR) is 229 cm³/mol. The summed E-state index contributed by atoms with van der Waals surface area (Å²) in [5.74, 6) is -0.568. The van der Waals surface area contributed by atoms with Crippen LogP contribution in [0.15, 0.2) is 12.2 Å². The number of phosphoric acid groups is 1. The van der Waals surface area contributed by atoms with Crippen LogP contribution in [0.4, 0.5) is 0 Å². The summed E-state index contributed by atoms with van der Waals surface area (Å²) in [5.41, 5.74) is 0. The lowest BCUT2D eigenvalue weighted by Crippen LogP contribution is -2.64. The molecule has 1 amide bonds. The van der Waals surface area contributed by atoms with Crippen molar-refractivity contribution < 1.29 is 59.0 Å². The van der Waals surface area contributed by atoms with Crippen molar-refractivity contribution in [3.05, 3.63) is 12.2 Å². The predicted octanol–water partition coefficient (Wildman–Crippen LogP) is 7.42. The third-order valence-electron chi connectivity index (χ3n) is 11.4. The number of unbranched alkanes of at least 4 members (excludes halogenated alkanes) is 23. The Balaban J connectivity index is 2.54. The monoisotopic (exact) mass is 852 g/mol. The molecular weight excluding hydrogens is 765 g/mol. The van der Waals surface area contributed by atoms with Crippen molar-refractivity contribution in [2.75, 3.05) is 6.61 Å². The summed E-state index contributed by atoms with van der Waals surface area (Å²) in [6, 6.07) is -1.15. The lowest BCUT2D eigenvalue weighted by atomic mass is 9.85. The molecule has 0 aromatic heterocycles. The van der Waals surface area contributed by atoms with Crippen LogP contribution in [0.1, 0.15) is 200 Å². The van der Waals surface area contributed by atoms with Gasteiger partial charge in [0.05, 0.1) is 31.3 Å². The number of hydrogen-bond donors (Lipinski definition) is 9. The molecule has 1 rings (SSSR count). The van der Waals surface area contributed by atoms with Crippen molar-refractivity contribution >= 4 is 13.7 Å². The lowest BCUT2D eigenvalue weighted by Gasteiger charge is -2.41. The van der Waals surface area contributed by atoms with Crippen molar-refractivity contribution in [2.24, 2.45) is 0 Å². The summed E-state index contributed by atoms with van der Waals surface area (Å²) in [6.45, 7) is 3.77. The van der Waals surface area contributed by atoms with E-state index < -0.39 is 75.2 Å². The summed E-state index contributed by atoms with van der Waals surface area (Å²) in [5, 5.41) is 74.5. The van der Waals surface area contributed by atoms with Crippen LogP contribution in [0.5, 0.6) is 0 Å². The highest BCUT2D eigenvalue weighted by molar-refractivity contribution is 7.47. The van der Waals surface area contributed by atoms with Gasteiger partial charge in [-0.1, -0.05) is 167 Å². The Morgan fingerprint density at radius 3 is 1.43 bits per heavy atom. The third kappa shape index (κ3) is 26.4. The molecule has 1 aliphatic carbocycles. The normalized spacial score (nSPS) is 23.8. The van der Waals surface area contributed by atoms with E-state index in [-0.39, 0.29) is 12.8 Å². The molecule has 8 unspecified atom stereocenters. The molecule has 58 heavy (non-hydrogen) atoms. The fourth-order valence-electron chi connectivity index (χ4n) is 7.53. The number of amides is 1. The van der Waals surface area contributed by atoms with Crippen LogP contribution in [0.25, 0.3) is 0 Å². The zero-order chi connectivity index (χ0) is 43.0. The highest BCUT2D eigenvalue weighted by Gasteiger charge is 2.51. The summed E-state index contributed by atoms with van der Waals surface area (Å²) >= 11 is 0. The van der Waals surface area contributed by atoms with E-state index in [1.54, 1.807) is 0 Å². The standard InChI is InChI=1S/C44H86NO12P/c1-3-5-7-9-11-13-15-17-19-21-23-25-27-29-31-35(46)33-38(48)45-36(34-56-58(54,55)57-44-42(52)40(50)39(49)41(51)43(44)53)37(47)32-30-28-26-24-22-20-18-16-14-12-10-8-6-4-2/h19,21,35-37,39-44,46-47,49-53H,3-18,20,22-34H2,1-2H3,(H,45,48)(H,54,55)/b21-19-. The fourth-order valence-corrected chi connectivity index (χ4v) is 8.50. The number of nitrogens with one attached hydrogen (secondary N) is 1. The highest BCUT2D eigenvalue weighted by atomic mass is 31.2. The first-order valence-corrected chi connectivity index (χ1v) is 24.7. The average Bonchev–Trinajstić information content (AvgIpc) is 3.19. The van der Waals surface area contributed by atoms with Gasteiger partial charge < -0.3 is 46.0 Å². The second-order valence-corrected chi connectivity index (χ2v) is 18.2. The van der Waals surface area contributed by atoms with Gasteiger partial charge in [-0.2, -0.15) is 0 Å². The molecule has 1 fully saturated rings. The van der Waals surface area contributed by atoms with Gasteiger partial charge in [-0.15, -0.1) is 0 Å². The Hall–Kier alpha value is -0.960. The van der Waals surface area contributed by atoms with E-state index in [0.29, 0.717) is 12.8 Å². The van der Waals surface area contributed by atoms with E-state index in [1.807, 2.05) is 0 Å². The summed E-state index contributed by atoms with van der Waals surface area (Å²) in [4.78, 5) is 23.4. The number of carbonyl (C=O) groups is 1. The third-order valence-corrected chi connectivity index (χ3v) is 12.4. The highest BCUT2D eigenvalue weighted by Crippen LogP contribution is 2.47. The second kappa shape index (κ2) is 34.6. The second-order valence-electron chi connectivity index (χ2n) is 16.8. The SMILES string of the molecule is CCCCCCCCC/C=C\CCCCCC(O)CC(=O)NC(COP(=O)(O)OC1C(O)C(O)C(O)C(O)C1O)C(O)CCCCCCCCCCCCCCCC. The van der Waals surface area contributed by atoms with Crippen LogP contribution in [0.3, 0.4) is 0 Å². The molecule has 0 bridgehead atoms. The van der Waals surface area contributed by atoms with Gasteiger partial charge in [-0.3, -0.25) is 13.8 Å². The van der Waals surface area contributed by atoms with Crippen LogP contribution in [-0.4, -0.2) is 108 Å². The number of phosphoric ester groups is 1. The Morgan fingerprint density at radius 2 is 0.966 bits per heavy atom. The molecule has 1 saturated carbocycles. The van der Waals surface area contributed by atoms with E-state index in [2.05, 4.69) is 31.3 Å². The minimum atomic E-state index is -5.11. The molecule has 0 spiro atoms. The van der Waals surface area contributed by atoms with E-state index in [1.165, 1.54) is 103 Å². The van der Waals surface area contributed by atoms with Crippen molar-refractivity contribution in [3.63, 3.8) is 0 Å². The van der Waals surface area contributed by atoms with Crippen LogP contribution < -0.4 is 5.32 Å². The first-order valence-electron chi connectivity index (χ1n) is 23.2. The Kier molecular flexibility index (Phi) is 32.9. The van der Waals surface area contributed by atoms with Gasteiger partial charge in [0.25, 0.3) is 0 Å². The summed E-state index contributed by atoms with van der Waals surface area (Å²) in [7, 11) is -5.11. The summed E-state index contributed by atoms with van der Waals surface area (Å²) in [6.07, 6.45) is 21.2. The van der Waals surface area contributed by atoms with Crippen molar-refractivity contribution in [1.29, 1.82) is 0 Å². The molecule has 344 valence electrons.